The number of hydrogen-bond donors (Lipinski definition) is 3. The summed E-state index contributed by atoms with van der Waals surface area (Å²) in [5, 5.41) is 12.3. The van der Waals surface area contributed by atoms with Crippen molar-refractivity contribution in [2.45, 2.75) is 11.5 Å². The molecular formula is C13H14ClN5O3. The van der Waals surface area contributed by atoms with Crippen LogP contribution in [0.15, 0.2) is 30.3 Å². The maximum atomic E-state index is 12.3. The molecule has 116 valence electrons. The number of aromatic amines is 1. The van der Waals surface area contributed by atoms with Crippen LogP contribution in [0.25, 0.3) is 0 Å². The van der Waals surface area contributed by atoms with E-state index < -0.39 is 17.5 Å². The number of rotatable bonds is 5. The second kappa shape index (κ2) is 6.54. The van der Waals surface area contributed by atoms with E-state index in [1.165, 1.54) is 0 Å². The van der Waals surface area contributed by atoms with Crippen molar-refractivity contribution in [3.05, 3.63) is 47.3 Å². The maximum absolute atomic E-state index is 12.3. The Hall–Kier alpha value is -2.45. The van der Waals surface area contributed by atoms with Crippen LogP contribution < -0.4 is 11.1 Å². The van der Waals surface area contributed by atoms with Crippen molar-refractivity contribution < 1.29 is 14.3 Å². The van der Waals surface area contributed by atoms with Crippen molar-refractivity contribution in [3.63, 3.8) is 0 Å². The third-order valence-corrected chi connectivity index (χ3v) is 3.23. The van der Waals surface area contributed by atoms with Crippen LogP contribution in [0.1, 0.15) is 21.7 Å². The molecule has 1 amide bonds. The standard InChI is InChI=1S/C13H14ClN5O3/c1-22-12(21)13(15,10-9(7-14)17-19-18-10)16-11(20)8-5-3-2-4-6-8/h2-6H,7,15H2,1H3,(H,16,20)(H,17,18,19). The van der Waals surface area contributed by atoms with E-state index in [1.807, 2.05) is 0 Å². The zero-order chi connectivity index (χ0) is 16.2. The van der Waals surface area contributed by atoms with Crippen LogP contribution in [0.4, 0.5) is 0 Å². The van der Waals surface area contributed by atoms with Gasteiger partial charge in [-0.3, -0.25) is 10.5 Å². The van der Waals surface area contributed by atoms with Gasteiger partial charge in [0.25, 0.3) is 5.91 Å². The summed E-state index contributed by atoms with van der Waals surface area (Å²) in [5.41, 5.74) is 4.61. The predicted molar refractivity (Wildman–Crippen MR) is 77.7 cm³/mol. The number of alkyl halides is 1. The SMILES string of the molecule is COC(=O)C(N)(NC(=O)c1ccccc1)c1n[nH]nc1CCl. The number of benzene rings is 1. The van der Waals surface area contributed by atoms with Gasteiger partial charge < -0.3 is 10.1 Å². The largest absolute Gasteiger partial charge is 0.466 e. The first-order valence-corrected chi connectivity index (χ1v) is 6.77. The van der Waals surface area contributed by atoms with Crippen LogP contribution in [-0.4, -0.2) is 34.4 Å². The number of H-pyrrole nitrogens is 1. The van der Waals surface area contributed by atoms with E-state index in [9.17, 15) is 9.59 Å². The van der Waals surface area contributed by atoms with Crippen molar-refractivity contribution >= 4 is 23.5 Å². The van der Waals surface area contributed by atoms with Crippen molar-refractivity contribution in [3.8, 4) is 0 Å². The Morgan fingerprint density at radius 3 is 2.64 bits per heavy atom. The van der Waals surface area contributed by atoms with E-state index in [1.54, 1.807) is 30.3 Å². The molecule has 0 bridgehead atoms. The summed E-state index contributed by atoms with van der Waals surface area (Å²) in [4.78, 5) is 24.4. The number of hydrogen-bond acceptors (Lipinski definition) is 6. The number of nitrogens with two attached hydrogens (primary N) is 1. The number of esters is 1. The smallest absolute Gasteiger partial charge is 0.353 e. The zero-order valence-corrected chi connectivity index (χ0v) is 12.4. The molecule has 0 saturated heterocycles. The van der Waals surface area contributed by atoms with Gasteiger partial charge >= 0.3 is 5.97 Å². The molecule has 1 heterocycles. The number of nitrogens with zero attached hydrogens (tertiary/aromatic N) is 2. The highest BCUT2D eigenvalue weighted by Gasteiger charge is 2.43. The number of methoxy groups -OCH3 is 1. The highest BCUT2D eigenvalue weighted by atomic mass is 35.5. The van der Waals surface area contributed by atoms with Gasteiger partial charge in [-0.15, -0.1) is 11.6 Å². The highest BCUT2D eigenvalue weighted by molar-refractivity contribution is 6.17. The fraction of sp³-hybridized carbons (Fsp3) is 0.231. The van der Waals surface area contributed by atoms with Gasteiger partial charge in [0.15, 0.2) is 0 Å². The highest BCUT2D eigenvalue weighted by Crippen LogP contribution is 2.19. The average molecular weight is 324 g/mol. The molecule has 2 aromatic rings. The Balaban J connectivity index is 2.39. The number of amides is 1. The first-order valence-electron chi connectivity index (χ1n) is 6.24. The van der Waals surface area contributed by atoms with Crippen molar-refractivity contribution in [1.82, 2.24) is 20.7 Å². The lowest BCUT2D eigenvalue weighted by Crippen LogP contribution is -2.59. The molecule has 8 nitrogen and oxygen atoms in total. The topological polar surface area (TPSA) is 123 Å². The van der Waals surface area contributed by atoms with Crippen LogP contribution in [-0.2, 0) is 21.1 Å². The molecule has 0 radical (unpaired) electrons. The minimum Gasteiger partial charge on any atom is -0.466 e. The molecule has 0 aliphatic rings. The second-order valence-corrected chi connectivity index (χ2v) is 4.64. The lowest BCUT2D eigenvalue weighted by molar-refractivity contribution is -0.148. The molecule has 4 N–H and O–H groups in total. The normalized spacial score (nSPS) is 13.2. The molecule has 22 heavy (non-hydrogen) atoms. The third kappa shape index (κ3) is 2.92. The van der Waals surface area contributed by atoms with Gasteiger partial charge in [0.2, 0.25) is 5.66 Å². The van der Waals surface area contributed by atoms with E-state index in [0.717, 1.165) is 7.11 Å². The van der Waals surface area contributed by atoms with Gasteiger partial charge in [0.05, 0.1) is 13.0 Å². The minimum absolute atomic E-state index is 0.00127. The third-order valence-electron chi connectivity index (χ3n) is 2.97. The minimum atomic E-state index is -2.00. The maximum Gasteiger partial charge on any atom is 0.353 e. The number of ether oxygens (including phenoxy) is 1. The first-order chi connectivity index (χ1) is 10.5. The molecule has 1 unspecified atom stereocenters. The van der Waals surface area contributed by atoms with Gasteiger partial charge in [0.1, 0.15) is 11.4 Å². The lowest BCUT2D eigenvalue weighted by Gasteiger charge is -2.26. The van der Waals surface area contributed by atoms with Crippen LogP contribution in [0, 0.1) is 0 Å². The second-order valence-electron chi connectivity index (χ2n) is 4.37. The molecule has 0 aliphatic carbocycles. The molecule has 1 aromatic heterocycles. The van der Waals surface area contributed by atoms with Crippen LogP contribution in [0.5, 0.6) is 0 Å². The predicted octanol–water partition coefficient (Wildman–Crippen LogP) is 0.258. The summed E-state index contributed by atoms with van der Waals surface area (Å²) < 4.78 is 4.67. The lowest BCUT2D eigenvalue weighted by atomic mass is 10.0. The number of carbonyl (C=O) groups is 2. The van der Waals surface area contributed by atoms with Crippen LogP contribution >= 0.6 is 11.6 Å². The number of nitrogens with one attached hydrogen (secondary N) is 2. The van der Waals surface area contributed by atoms with E-state index in [2.05, 4.69) is 25.5 Å². The van der Waals surface area contributed by atoms with Gasteiger partial charge in [-0.1, -0.05) is 18.2 Å². The van der Waals surface area contributed by atoms with E-state index in [0.29, 0.717) is 5.56 Å². The van der Waals surface area contributed by atoms with Crippen molar-refractivity contribution in [1.29, 1.82) is 0 Å². The number of halogens is 1. The Labute approximate surface area is 131 Å². The fourth-order valence-electron chi connectivity index (χ4n) is 1.87. The molecule has 2 rings (SSSR count). The van der Waals surface area contributed by atoms with Crippen molar-refractivity contribution in [2.24, 2.45) is 5.73 Å². The summed E-state index contributed by atoms with van der Waals surface area (Å²) in [6.45, 7) is 0. The fourth-order valence-corrected chi connectivity index (χ4v) is 2.06. The Morgan fingerprint density at radius 1 is 1.36 bits per heavy atom. The molecule has 0 spiro atoms. The monoisotopic (exact) mass is 323 g/mol. The molecule has 1 aromatic carbocycles. The van der Waals surface area contributed by atoms with E-state index >= 15 is 0 Å². The Morgan fingerprint density at radius 2 is 2.05 bits per heavy atom. The number of carbonyl (C=O) groups excluding carboxylic acids is 2. The molecule has 1 atom stereocenters. The van der Waals surface area contributed by atoms with Gasteiger partial charge in [-0.2, -0.15) is 15.4 Å². The summed E-state index contributed by atoms with van der Waals surface area (Å²) in [6.07, 6.45) is 0. The molecular weight excluding hydrogens is 310 g/mol. The quantitative estimate of drug-likeness (QED) is 0.412. The van der Waals surface area contributed by atoms with E-state index in [-0.39, 0.29) is 17.3 Å². The number of aromatic nitrogens is 3. The van der Waals surface area contributed by atoms with Gasteiger partial charge in [-0.05, 0) is 12.1 Å². The molecule has 0 fully saturated rings. The first kappa shape index (κ1) is 15.9. The Kier molecular flexibility index (Phi) is 4.74. The summed E-state index contributed by atoms with van der Waals surface area (Å²) in [7, 11) is 1.15. The van der Waals surface area contributed by atoms with Gasteiger partial charge in [-0.25, -0.2) is 4.79 Å². The Bertz CT molecular complexity index is 675. The molecule has 9 heteroatoms. The summed E-state index contributed by atoms with van der Waals surface area (Å²) in [5.74, 6) is -1.49. The van der Waals surface area contributed by atoms with Crippen LogP contribution in [0.3, 0.4) is 0 Å². The summed E-state index contributed by atoms with van der Waals surface area (Å²) >= 11 is 5.74. The van der Waals surface area contributed by atoms with Crippen molar-refractivity contribution in [2.75, 3.05) is 7.11 Å². The zero-order valence-electron chi connectivity index (χ0n) is 11.7. The van der Waals surface area contributed by atoms with Crippen LogP contribution in [0.2, 0.25) is 0 Å². The molecule has 0 aliphatic heterocycles. The van der Waals surface area contributed by atoms with E-state index in [4.69, 9.17) is 17.3 Å². The van der Waals surface area contributed by atoms with Gasteiger partial charge in [0, 0.05) is 5.56 Å². The molecule has 0 saturated carbocycles. The summed E-state index contributed by atoms with van der Waals surface area (Å²) in [6, 6.07) is 8.30. The average Bonchev–Trinajstić information content (AvgIpc) is 3.04.